The minimum Gasteiger partial charge on any atom is -0.391 e. The molecule has 1 amide bonds. The van der Waals surface area contributed by atoms with E-state index in [-0.39, 0.29) is 29.1 Å². The van der Waals surface area contributed by atoms with Gasteiger partial charge in [0.2, 0.25) is 10.0 Å². The van der Waals surface area contributed by atoms with Crippen LogP contribution in [0.5, 0.6) is 0 Å². The van der Waals surface area contributed by atoms with Crippen LogP contribution in [0.15, 0.2) is 35.5 Å². The van der Waals surface area contributed by atoms with Crippen LogP contribution >= 0.6 is 11.6 Å². The largest absolute Gasteiger partial charge is 0.391 e. The summed E-state index contributed by atoms with van der Waals surface area (Å²) in [5.41, 5.74) is 2.66. The van der Waals surface area contributed by atoms with Crippen LogP contribution in [0.2, 0.25) is 5.02 Å². The maximum absolute atomic E-state index is 13.8. The van der Waals surface area contributed by atoms with Crippen molar-refractivity contribution in [2.75, 3.05) is 42.6 Å². The van der Waals surface area contributed by atoms with E-state index >= 15 is 0 Å². The number of nitrogens with zero attached hydrogens (tertiary/aromatic N) is 6. The number of halogens is 1. The van der Waals surface area contributed by atoms with Gasteiger partial charge in [-0.05, 0) is 44.4 Å². The van der Waals surface area contributed by atoms with Gasteiger partial charge in [0.25, 0.3) is 5.91 Å². The van der Waals surface area contributed by atoms with Crippen molar-refractivity contribution in [3.8, 4) is 0 Å². The van der Waals surface area contributed by atoms with Crippen LogP contribution in [-0.2, 0) is 10.0 Å². The van der Waals surface area contributed by atoms with E-state index in [1.54, 1.807) is 28.7 Å². The number of β-amino-alcohol motifs (C(OH)–C–C–N with tert-alkyl or cyclic N) is 1. The van der Waals surface area contributed by atoms with Gasteiger partial charge in [-0.3, -0.25) is 9.52 Å². The van der Waals surface area contributed by atoms with Crippen LogP contribution in [-0.4, -0.2) is 84.2 Å². The summed E-state index contributed by atoms with van der Waals surface area (Å²) in [6.07, 6.45) is 6.69. The number of amides is 1. The number of carbonyl (C=O) groups is 1. The molecule has 4 heterocycles. The minimum atomic E-state index is -3.60. The third-order valence-electron chi connectivity index (χ3n) is 7.21. The van der Waals surface area contributed by atoms with E-state index in [4.69, 9.17) is 21.7 Å². The van der Waals surface area contributed by atoms with E-state index < -0.39 is 16.1 Å². The molecule has 2 fully saturated rings. The molecule has 2 saturated heterocycles. The quantitative estimate of drug-likeness (QED) is 0.433. The van der Waals surface area contributed by atoms with Crippen LogP contribution < -0.4 is 9.62 Å². The molecule has 2 aliphatic rings. The summed E-state index contributed by atoms with van der Waals surface area (Å²) in [4.78, 5) is 26.5. The van der Waals surface area contributed by atoms with E-state index in [2.05, 4.69) is 14.6 Å². The van der Waals surface area contributed by atoms with Crippen molar-refractivity contribution in [2.45, 2.75) is 38.3 Å². The number of fused-ring (bicyclic) bond motifs is 1. The lowest BCUT2D eigenvalue weighted by Gasteiger charge is -2.35. The summed E-state index contributed by atoms with van der Waals surface area (Å²) in [6, 6.07) is 6.13. The van der Waals surface area contributed by atoms with Crippen molar-refractivity contribution in [3.05, 3.63) is 52.3 Å². The lowest BCUT2D eigenvalue weighted by Crippen LogP contribution is -2.39. The predicted molar refractivity (Wildman–Crippen MR) is 151 cm³/mol. The zero-order valence-electron chi connectivity index (χ0n) is 22.1. The average Bonchev–Trinajstić information content (AvgIpc) is 3.46. The van der Waals surface area contributed by atoms with Crippen LogP contribution in [0.3, 0.4) is 0 Å². The Morgan fingerprint density at radius 1 is 1.26 bits per heavy atom. The van der Waals surface area contributed by atoms with Crippen LogP contribution in [0.1, 0.15) is 46.9 Å². The minimum absolute atomic E-state index is 0.0525. The van der Waals surface area contributed by atoms with Gasteiger partial charge in [0.05, 0.1) is 35.3 Å². The number of carbonyl (C=O) groups excluding carboxylic acids is 1. The average molecular weight is 574 g/mol. The fourth-order valence-electron chi connectivity index (χ4n) is 5.44. The van der Waals surface area contributed by atoms with Gasteiger partial charge in [-0.15, -0.1) is 0 Å². The molecule has 0 unspecified atom stereocenters. The van der Waals surface area contributed by atoms with Crippen molar-refractivity contribution in [2.24, 2.45) is 10.9 Å². The molecule has 2 N–H and O–H groups in total. The normalized spacial score (nSPS) is 22.2. The maximum Gasteiger partial charge on any atom is 0.256 e. The van der Waals surface area contributed by atoms with Crippen molar-refractivity contribution in [3.63, 3.8) is 0 Å². The molecule has 0 saturated carbocycles. The molecule has 3 aromatic rings. The summed E-state index contributed by atoms with van der Waals surface area (Å²) < 4.78 is 28.0. The van der Waals surface area contributed by atoms with E-state index in [0.717, 1.165) is 30.5 Å². The molecule has 0 radical (unpaired) electrons. The second-order valence-electron chi connectivity index (χ2n) is 10.2. The Bertz CT molecular complexity index is 1540. The number of aliphatic imine (C=N–C) groups is 1. The van der Waals surface area contributed by atoms with E-state index in [9.17, 15) is 18.3 Å². The molecule has 5 rings (SSSR count). The lowest BCUT2D eigenvalue weighted by molar-refractivity contribution is 0.0607. The molecular formula is C26H32ClN7O4S. The number of hydrogen-bond acceptors (Lipinski definition) is 8. The molecule has 0 spiro atoms. The molecule has 3 atom stereocenters. The van der Waals surface area contributed by atoms with E-state index in [1.807, 2.05) is 19.2 Å². The fourth-order valence-corrected chi connectivity index (χ4v) is 6.19. The SMILES string of the molecule is CN=C[C@@H]1CN(c2nc3cc([C@@H]4CCCCN4C(=O)c4cc(Cl)ccc4NS(C)(=O)=O)nn3cc2C)C[C@@H]1O. The van der Waals surface area contributed by atoms with Gasteiger partial charge in [-0.25, -0.2) is 17.9 Å². The number of aliphatic hydroxyl groups is 1. The van der Waals surface area contributed by atoms with Crippen LogP contribution in [0.25, 0.3) is 5.65 Å². The van der Waals surface area contributed by atoms with Crippen molar-refractivity contribution >= 4 is 50.9 Å². The summed E-state index contributed by atoms with van der Waals surface area (Å²) in [7, 11) is -1.90. The Morgan fingerprint density at radius 3 is 2.79 bits per heavy atom. The Hall–Kier alpha value is -3.22. The number of piperidine rings is 1. The molecular weight excluding hydrogens is 542 g/mol. The zero-order chi connectivity index (χ0) is 27.9. The van der Waals surface area contributed by atoms with Crippen molar-refractivity contribution < 1.29 is 18.3 Å². The number of sulfonamides is 1. The molecule has 2 aromatic heterocycles. The Kier molecular flexibility index (Phi) is 7.53. The van der Waals surface area contributed by atoms with Crippen molar-refractivity contribution in [1.29, 1.82) is 0 Å². The molecule has 13 heteroatoms. The lowest BCUT2D eigenvalue weighted by atomic mass is 9.98. The number of benzene rings is 1. The number of likely N-dealkylation sites (tertiary alicyclic amines) is 1. The predicted octanol–water partition coefficient (Wildman–Crippen LogP) is 2.93. The third kappa shape index (κ3) is 5.73. The molecule has 2 aliphatic heterocycles. The van der Waals surface area contributed by atoms with Gasteiger partial charge in [-0.2, -0.15) is 5.10 Å². The smallest absolute Gasteiger partial charge is 0.256 e. The number of aliphatic hydroxyl groups excluding tert-OH is 1. The first-order valence-electron chi connectivity index (χ1n) is 12.8. The Labute approximate surface area is 232 Å². The van der Waals surface area contributed by atoms with Gasteiger partial charge < -0.3 is 19.9 Å². The molecule has 0 bridgehead atoms. The number of hydrogen-bond donors (Lipinski definition) is 2. The first-order chi connectivity index (χ1) is 18.5. The summed E-state index contributed by atoms with van der Waals surface area (Å²) in [5.74, 6) is 0.417. The summed E-state index contributed by atoms with van der Waals surface area (Å²) >= 11 is 6.20. The molecule has 0 aliphatic carbocycles. The number of aromatic nitrogens is 3. The highest BCUT2D eigenvalue weighted by molar-refractivity contribution is 7.92. The molecule has 39 heavy (non-hydrogen) atoms. The van der Waals surface area contributed by atoms with Crippen LogP contribution in [0, 0.1) is 12.8 Å². The highest BCUT2D eigenvalue weighted by atomic mass is 35.5. The monoisotopic (exact) mass is 573 g/mol. The number of anilines is 2. The number of rotatable bonds is 6. The topological polar surface area (TPSA) is 132 Å². The second kappa shape index (κ2) is 10.7. The fraction of sp³-hybridized carbons (Fsp3) is 0.462. The van der Waals surface area contributed by atoms with E-state index in [0.29, 0.717) is 42.4 Å². The number of aryl methyl sites for hydroxylation is 1. The molecule has 208 valence electrons. The zero-order valence-corrected chi connectivity index (χ0v) is 23.7. The van der Waals surface area contributed by atoms with Gasteiger partial charge in [-0.1, -0.05) is 11.6 Å². The van der Waals surface area contributed by atoms with Gasteiger partial charge in [0.15, 0.2) is 5.65 Å². The number of nitrogens with one attached hydrogen (secondary N) is 1. The Balaban J connectivity index is 1.47. The second-order valence-corrected chi connectivity index (χ2v) is 12.4. The summed E-state index contributed by atoms with van der Waals surface area (Å²) in [5, 5.41) is 15.6. The molecule has 11 nitrogen and oxygen atoms in total. The summed E-state index contributed by atoms with van der Waals surface area (Å²) in [6.45, 7) is 3.56. The molecule has 1 aromatic carbocycles. The van der Waals surface area contributed by atoms with Gasteiger partial charge in [0.1, 0.15) is 5.82 Å². The van der Waals surface area contributed by atoms with Gasteiger partial charge in [0, 0.05) is 61.7 Å². The Morgan fingerprint density at radius 2 is 2.05 bits per heavy atom. The highest BCUT2D eigenvalue weighted by Crippen LogP contribution is 2.34. The van der Waals surface area contributed by atoms with Crippen LogP contribution in [0.4, 0.5) is 11.5 Å². The third-order valence-corrected chi connectivity index (χ3v) is 8.04. The maximum atomic E-state index is 13.8. The van der Waals surface area contributed by atoms with E-state index in [1.165, 1.54) is 12.1 Å². The van der Waals surface area contributed by atoms with Crippen molar-refractivity contribution in [1.82, 2.24) is 19.5 Å². The first kappa shape index (κ1) is 27.4. The first-order valence-corrected chi connectivity index (χ1v) is 15.1. The van der Waals surface area contributed by atoms with Gasteiger partial charge >= 0.3 is 0 Å². The standard InChI is InChI=1S/C26H32ClN7O4S/c1-16-13-34-24(29-25(16)32-14-17(12-28-2)23(35)15-32)11-21(30-34)22-6-4-5-9-33(22)26(36)19-10-18(27)7-8-20(19)31-39(3,37)38/h7-8,10-13,17,22-23,31,35H,4-6,9,14-15H2,1-3H3/t17-,22+,23+/m1/s1. The highest BCUT2D eigenvalue weighted by Gasteiger charge is 2.34.